The van der Waals surface area contributed by atoms with Crippen LogP contribution in [-0.4, -0.2) is 4.57 Å². The number of anilines is 3. The first kappa shape index (κ1) is 34.9. The largest absolute Gasteiger partial charge is 0.456 e. The van der Waals surface area contributed by atoms with E-state index in [9.17, 15) is 0 Å². The van der Waals surface area contributed by atoms with Gasteiger partial charge in [-0.15, -0.1) is 0 Å². The van der Waals surface area contributed by atoms with E-state index in [1.54, 1.807) is 0 Å². The third kappa shape index (κ3) is 5.82. The molecule has 3 nitrogen and oxygen atoms in total. The van der Waals surface area contributed by atoms with Crippen LogP contribution in [0.15, 0.2) is 235 Å². The fourth-order valence-electron chi connectivity index (χ4n) is 9.39. The third-order valence-electron chi connectivity index (χ3n) is 12.2. The normalized spacial score (nSPS) is 11.6. The zero-order valence-electron chi connectivity index (χ0n) is 33.2. The van der Waals surface area contributed by atoms with E-state index >= 15 is 0 Å². The molecule has 0 N–H and O–H groups in total. The lowest BCUT2D eigenvalue weighted by molar-refractivity contribution is 0.669. The summed E-state index contributed by atoms with van der Waals surface area (Å²) < 4.78 is 8.90. The number of fused-ring (bicyclic) bond motifs is 8. The van der Waals surface area contributed by atoms with E-state index in [-0.39, 0.29) is 0 Å². The second-order valence-electron chi connectivity index (χ2n) is 15.7. The third-order valence-corrected chi connectivity index (χ3v) is 12.2. The molecule has 0 fully saturated rings. The Kier molecular flexibility index (Phi) is 8.17. The molecule has 2 aromatic heterocycles. The summed E-state index contributed by atoms with van der Waals surface area (Å²) >= 11 is 0. The van der Waals surface area contributed by atoms with E-state index in [0.717, 1.165) is 50.2 Å². The lowest BCUT2D eigenvalue weighted by Gasteiger charge is -2.27. The average molecular weight is 779 g/mol. The predicted octanol–water partition coefficient (Wildman–Crippen LogP) is 16.3. The molecule has 286 valence electrons. The molecule has 0 spiro atoms. The minimum Gasteiger partial charge on any atom is -0.456 e. The van der Waals surface area contributed by atoms with Crippen LogP contribution in [0, 0.1) is 0 Å². The van der Waals surface area contributed by atoms with E-state index in [2.05, 4.69) is 234 Å². The summed E-state index contributed by atoms with van der Waals surface area (Å²) in [6.07, 6.45) is 0. The summed E-state index contributed by atoms with van der Waals surface area (Å²) in [6, 6.07) is 82.9. The monoisotopic (exact) mass is 778 g/mol. The van der Waals surface area contributed by atoms with Crippen LogP contribution in [0.25, 0.3) is 93.6 Å². The van der Waals surface area contributed by atoms with Gasteiger partial charge in [0.2, 0.25) is 0 Å². The van der Waals surface area contributed by atoms with Crippen LogP contribution >= 0.6 is 0 Å². The van der Waals surface area contributed by atoms with Gasteiger partial charge in [-0.2, -0.15) is 0 Å². The molecule has 0 aliphatic heterocycles. The fraction of sp³-hybridized carbons (Fsp3) is 0. The van der Waals surface area contributed by atoms with Crippen molar-refractivity contribution in [3.8, 4) is 39.1 Å². The molecule has 0 atom stereocenters. The molecule has 12 rings (SSSR count). The van der Waals surface area contributed by atoms with Gasteiger partial charge in [0.25, 0.3) is 0 Å². The summed E-state index contributed by atoms with van der Waals surface area (Å²) in [6.45, 7) is 0. The van der Waals surface area contributed by atoms with Gasteiger partial charge in [0, 0.05) is 33.2 Å². The van der Waals surface area contributed by atoms with Gasteiger partial charge < -0.3 is 13.9 Å². The van der Waals surface area contributed by atoms with Gasteiger partial charge in [0.05, 0.1) is 22.1 Å². The summed E-state index contributed by atoms with van der Waals surface area (Å²) in [4.78, 5) is 2.38. The second-order valence-corrected chi connectivity index (χ2v) is 15.7. The minimum atomic E-state index is 0.861. The molecule has 0 unspecified atom stereocenters. The zero-order chi connectivity index (χ0) is 40.3. The number of rotatable bonds is 7. The average Bonchev–Trinajstić information content (AvgIpc) is 3.89. The van der Waals surface area contributed by atoms with E-state index in [0.29, 0.717) is 0 Å². The SMILES string of the molecule is c1ccc(-c2ccc(-c3cccc4c3c3c5ccccc5ccc3n4-c3cccc(N(c4ccc(-c5ccccc5)cc4)c4cccc5oc6ccccc6c45)c3)cc2)cc1. The zero-order valence-corrected chi connectivity index (χ0v) is 33.2. The Bertz CT molecular complexity index is 3560. The van der Waals surface area contributed by atoms with E-state index in [4.69, 9.17) is 4.42 Å². The lowest BCUT2D eigenvalue weighted by atomic mass is 9.95. The van der Waals surface area contributed by atoms with E-state index in [1.807, 2.05) is 6.07 Å². The van der Waals surface area contributed by atoms with Crippen molar-refractivity contribution in [2.45, 2.75) is 0 Å². The molecule has 0 aliphatic carbocycles. The van der Waals surface area contributed by atoms with Gasteiger partial charge >= 0.3 is 0 Å². The summed E-state index contributed by atoms with van der Waals surface area (Å²) in [5, 5.41) is 7.14. The van der Waals surface area contributed by atoms with Gasteiger partial charge in [0.15, 0.2) is 0 Å². The number of aromatic nitrogens is 1. The van der Waals surface area contributed by atoms with Crippen molar-refractivity contribution in [1.82, 2.24) is 4.57 Å². The smallest absolute Gasteiger partial charge is 0.137 e. The Morgan fingerprint density at radius 3 is 1.70 bits per heavy atom. The number of hydrogen-bond donors (Lipinski definition) is 0. The molecular weight excluding hydrogens is 741 g/mol. The van der Waals surface area contributed by atoms with Crippen molar-refractivity contribution in [2.75, 3.05) is 4.90 Å². The Labute approximate surface area is 353 Å². The van der Waals surface area contributed by atoms with Crippen LogP contribution in [-0.2, 0) is 0 Å². The van der Waals surface area contributed by atoms with Gasteiger partial charge in [-0.3, -0.25) is 0 Å². The van der Waals surface area contributed by atoms with Crippen molar-refractivity contribution in [1.29, 1.82) is 0 Å². The van der Waals surface area contributed by atoms with Gasteiger partial charge in [0.1, 0.15) is 11.2 Å². The molecule has 0 amide bonds. The lowest BCUT2D eigenvalue weighted by Crippen LogP contribution is -2.11. The first-order chi connectivity index (χ1) is 30.3. The number of nitrogens with zero attached hydrogens (tertiary/aromatic N) is 2. The highest BCUT2D eigenvalue weighted by molar-refractivity contribution is 6.25. The van der Waals surface area contributed by atoms with Crippen LogP contribution < -0.4 is 4.90 Å². The van der Waals surface area contributed by atoms with Crippen molar-refractivity contribution in [3.05, 3.63) is 231 Å². The number of para-hydroxylation sites is 1. The Morgan fingerprint density at radius 2 is 0.934 bits per heavy atom. The Balaban J connectivity index is 1.08. The summed E-state index contributed by atoms with van der Waals surface area (Å²) in [5.74, 6) is 0. The molecule has 3 heteroatoms. The van der Waals surface area contributed by atoms with Crippen LogP contribution in [0.1, 0.15) is 0 Å². The predicted molar refractivity (Wildman–Crippen MR) is 257 cm³/mol. The molecule has 10 aromatic carbocycles. The Hall–Kier alpha value is -8.14. The molecule has 0 radical (unpaired) electrons. The molecule has 0 saturated heterocycles. The minimum absolute atomic E-state index is 0.861. The highest BCUT2D eigenvalue weighted by Crippen LogP contribution is 2.46. The van der Waals surface area contributed by atoms with Crippen molar-refractivity contribution < 1.29 is 4.42 Å². The second kappa shape index (κ2) is 14.3. The van der Waals surface area contributed by atoms with Crippen molar-refractivity contribution in [2.24, 2.45) is 0 Å². The van der Waals surface area contributed by atoms with Gasteiger partial charge in [-0.25, -0.2) is 0 Å². The van der Waals surface area contributed by atoms with Crippen LogP contribution in [0.4, 0.5) is 17.1 Å². The summed E-state index contributed by atoms with van der Waals surface area (Å²) in [5.41, 5.74) is 15.5. The number of hydrogen-bond acceptors (Lipinski definition) is 2. The number of benzene rings is 10. The molecule has 2 heterocycles. The van der Waals surface area contributed by atoms with E-state index < -0.39 is 0 Å². The maximum absolute atomic E-state index is 6.45. The highest BCUT2D eigenvalue weighted by Gasteiger charge is 2.22. The number of furan rings is 1. The van der Waals surface area contributed by atoms with Gasteiger partial charge in [-0.1, -0.05) is 170 Å². The van der Waals surface area contributed by atoms with Crippen molar-refractivity contribution >= 4 is 71.6 Å². The van der Waals surface area contributed by atoms with Crippen LogP contribution in [0.3, 0.4) is 0 Å². The molecular formula is C58H38N2O. The molecule has 12 aromatic rings. The van der Waals surface area contributed by atoms with E-state index in [1.165, 1.54) is 60.4 Å². The maximum Gasteiger partial charge on any atom is 0.137 e. The molecule has 0 bridgehead atoms. The quantitative estimate of drug-likeness (QED) is 0.161. The molecule has 0 aliphatic rings. The fourth-order valence-corrected chi connectivity index (χ4v) is 9.39. The maximum atomic E-state index is 6.45. The van der Waals surface area contributed by atoms with Crippen molar-refractivity contribution in [3.63, 3.8) is 0 Å². The Morgan fingerprint density at radius 1 is 0.344 bits per heavy atom. The summed E-state index contributed by atoms with van der Waals surface area (Å²) in [7, 11) is 0. The first-order valence-electron chi connectivity index (χ1n) is 20.8. The standard InChI is InChI=1S/C58H38N2O/c1-3-14-39(15-4-1)41-28-30-44(31-29-41)49-23-12-24-52-57(49)58-48-21-8-7-18-43(48)34-37-53(58)60(52)47-20-11-19-46(38-47)59(45-35-32-42(33-36-45)40-16-5-2-6-17-40)51-25-13-27-55-56(51)50-22-9-10-26-54(50)61-55/h1-38H. The first-order valence-corrected chi connectivity index (χ1v) is 20.8. The van der Waals surface area contributed by atoms with Crippen LogP contribution in [0.2, 0.25) is 0 Å². The van der Waals surface area contributed by atoms with Crippen LogP contribution in [0.5, 0.6) is 0 Å². The molecule has 0 saturated carbocycles. The highest BCUT2D eigenvalue weighted by atomic mass is 16.3. The topological polar surface area (TPSA) is 21.3 Å². The molecule has 61 heavy (non-hydrogen) atoms. The van der Waals surface area contributed by atoms with Gasteiger partial charge in [-0.05, 0) is 105 Å².